The van der Waals surface area contributed by atoms with Gasteiger partial charge in [-0.1, -0.05) is 11.6 Å². The third kappa shape index (κ3) is 4.85. The largest absolute Gasteiger partial charge is 0.508 e. The van der Waals surface area contributed by atoms with Crippen LogP contribution < -0.4 is 10.1 Å². The van der Waals surface area contributed by atoms with Gasteiger partial charge in [-0.3, -0.25) is 0 Å². The van der Waals surface area contributed by atoms with Crippen LogP contribution in [0.1, 0.15) is 5.56 Å². The van der Waals surface area contributed by atoms with Crippen molar-refractivity contribution in [2.45, 2.75) is 6.54 Å². The van der Waals surface area contributed by atoms with Crippen molar-refractivity contribution >= 4 is 17.3 Å². The molecule has 0 aliphatic heterocycles. The summed E-state index contributed by atoms with van der Waals surface area (Å²) < 4.78 is 10.4. The Morgan fingerprint density at radius 2 is 1.86 bits per heavy atom. The van der Waals surface area contributed by atoms with Gasteiger partial charge in [-0.15, -0.1) is 0 Å². The Labute approximate surface area is 129 Å². The number of hydrogen-bond acceptors (Lipinski definition) is 4. The highest BCUT2D eigenvalue weighted by Gasteiger charge is 2.02. The van der Waals surface area contributed by atoms with Crippen molar-refractivity contribution in [2.24, 2.45) is 0 Å². The second kappa shape index (κ2) is 7.76. The van der Waals surface area contributed by atoms with Crippen LogP contribution in [0, 0.1) is 0 Å². The number of nitrogens with one attached hydrogen (secondary N) is 1. The molecule has 0 heterocycles. The van der Waals surface area contributed by atoms with Crippen molar-refractivity contribution in [3.05, 3.63) is 53.1 Å². The normalized spacial score (nSPS) is 10.4. The lowest BCUT2D eigenvalue weighted by Gasteiger charge is -2.10. The lowest BCUT2D eigenvalue weighted by Crippen LogP contribution is -2.04. The summed E-state index contributed by atoms with van der Waals surface area (Å²) in [5.74, 6) is 1.02. The van der Waals surface area contributed by atoms with E-state index >= 15 is 0 Å². The smallest absolute Gasteiger partial charge is 0.120 e. The van der Waals surface area contributed by atoms with Gasteiger partial charge in [0.2, 0.25) is 0 Å². The molecule has 0 aliphatic carbocycles. The predicted octanol–water partition coefficient (Wildman–Crippen LogP) is 3.68. The van der Waals surface area contributed by atoms with Gasteiger partial charge in [0.15, 0.2) is 0 Å². The molecule has 21 heavy (non-hydrogen) atoms. The number of phenols is 1. The Kier molecular flexibility index (Phi) is 5.72. The third-order valence-electron chi connectivity index (χ3n) is 2.94. The quantitative estimate of drug-likeness (QED) is 0.766. The number of hydrogen-bond donors (Lipinski definition) is 2. The monoisotopic (exact) mass is 307 g/mol. The molecule has 0 aliphatic rings. The van der Waals surface area contributed by atoms with E-state index in [0.29, 0.717) is 24.8 Å². The highest BCUT2D eigenvalue weighted by Crippen LogP contribution is 2.23. The van der Waals surface area contributed by atoms with Gasteiger partial charge in [-0.05, 0) is 42.5 Å². The average Bonchev–Trinajstić information content (AvgIpc) is 2.50. The van der Waals surface area contributed by atoms with Crippen molar-refractivity contribution in [3.63, 3.8) is 0 Å². The van der Waals surface area contributed by atoms with E-state index < -0.39 is 0 Å². The average molecular weight is 308 g/mol. The molecule has 0 unspecified atom stereocenters. The lowest BCUT2D eigenvalue weighted by molar-refractivity contribution is 0.146. The van der Waals surface area contributed by atoms with Crippen LogP contribution in [-0.4, -0.2) is 25.4 Å². The first-order valence-corrected chi connectivity index (χ1v) is 7.00. The minimum atomic E-state index is 0.228. The number of rotatable bonds is 7. The molecule has 0 radical (unpaired) electrons. The number of benzene rings is 2. The van der Waals surface area contributed by atoms with Crippen LogP contribution in [0.15, 0.2) is 42.5 Å². The van der Waals surface area contributed by atoms with Crippen molar-refractivity contribution in [1.82, 2.24) is 0 Å². The number of anilines is 1. The van der Waals surface area contributed by atoms with Crippen LogP contribution in [-0.2, 0) is 11.3 Å². The molecule has 0 saturated heterocycles. The number of aromatic hydroxyl groups is 1. The topological polar surface area (TPSA) is 50.7 Å². The summed E-state index contributed by atoms with van der Waals surface area (Å²) in [5.41, 5.74) is 1.69. The molecule has 0 fully saturated rings. The zero-order valence-electron chi connectivity index (χ0n) is 11.8. The summed E-state index contributed by atoms with van der Waals surface area (Å²) in [6.07, 6.45) is 0. The second-order valence-corrected chi connectivity index (χ2v) is 4.93. The fourth-order valence-corrected chi connectivity index (χ4v) is 2.00. The molecule has 2 N–H and O–H groups in total. The SMILES string of the molecule is COCCOc1ccc(NCc2cc(Cl)ccc2O)cc1. The maximum absolute atomic E-state index is 9.75. The summed E-state index contributed by atoms with van der Waals surface area (Å²) in [5, 5.41) is 13.6. The maximum atomic E-state index is 9.75. The van der Waals surface area contributed by atoms with Gasteiger partial charge in [-0.2, -0.15) is 0 Å². The Morgan fingerprint density at radius 1 is 1.10 bits per heavy atom. The molecule has 0 amide bonds. The molecule has 5 heteroatoms. The van der Waals surface area contributed by atoms with Crippen LogP contribution in [0.2, 0.25) is 5.02 Å². The van der Waals surface area contributed by atoms with E-state index in [4.69, 9.17) is 21.1 Å². The zero-order valence-corrected chi connectivity index (χ0v) is 12.6. The number of halogens is 1. The first-order valence-electron chi connectivity index (χ1n) is 6.62. The molecule has 2 rings (SSSR count). The van der Waals surface area contributed by atoms with Crippen LogP contribution in [0.4, 0.5) is 5.69 Å². The van der Waals surface area contributed by atoms with Crippen molar-refractivity contribution in [2.75, 3.05) is 25.6 Å². The predicted molar refractivity (Wildman–Crippen MR) is 84.3 cm³/mol. The maximum Gasteiger partial charge on any atom is 0.120 e. The van der Waals surface area contributed by atoms with Gasteiger partial charge in [0.1, 0.15) is 18.1 Å². The summed E-state index contributed by atoms with van der Waals surface area (Å²) in [7, 11) is 1.64. The van der Waals surface area contributed by atoms with E-state index in [1.165, 1.54) is 0 Å². The highest BCUT2D eigenvalue weighted by atomic mass is 35.5. The van der Waals surface area contributed by atoms with Crippen molar-refractivity contribution in [3.8, 4) is 11.5 Å². The number of ether oxygens (including phenoxy) is 2. The zero-order chi connectivity index (χ0) is 15.1. The second-order valence-electron chi connectivity index (χ2n) is 4.49. The minimum absolute atomic E-state index is 0.228. The highest BCUT2D eigenvalue weighted by molar-refractivity contribution is 6.30. The fraction of sp³-hybridized carbons (Fsp3) is 0.250. The summed E-state index contributed by atoms with van der Waals surface area (Å²) >= 11 is 5.91. The number of methoxy groups -OCH3 is 1. The van der Waals surface area contributed by atoms with Gasteiger partial charge in [0.25, 0.3) is 0 Å². The van der Waals surface area contributed by atoms with Crippen molar-refractivity contribution < 1.29 is 14.6 Å². The first kappa shape index (κ1) is 15.5. The Balaban J connectivity index is 1.90. The molecule has 112 valence electrons. The Bertz CT molecular complexity index is 572. The molecule has 0 saturated carbocycles. The summed E-state index contributed by atoms with van der Waals surface area (Å²) in [6.45, 7) is 1.59. The Morgan fingerprint density at radius 3 is 2.57 bits per heavy atom. The van der Waals surface area contributed by atoms with Gasteiger partial charge in [-0.25, -0.2) is 0 Å². The lowest BCUT2D eigenvalue weighted by atomic mass is 10.2. The van der Waals surface area contributed by atoms with E-state index in [2.05, 4.69) is 5.32 Å². The standard InChI is InChI=1S/C16H18ClNO3/c1-20-8-9-21-15-5-3-14(4-6-15)18-11-12-10-13(17)2-7-16(12)19/h2-7,10,18-19H,8-9,11H2,1H3. The van der Waals surface area contributed by atoms with Crippen LogP contribution >= 0.6 is 11.6 Å². The van der Waals surface area contributed by atoms with E-state index in [1.54, 1.807) is 25.3 Å². The van der Waals surface area contributed by atoms with E-state index in [9.17, 15) is 5.11 Å². The van der Waals surface area contributed by atoms with Crippen LogP contribution in [0.25, 0.3) is 0 Å². The fourth-order valence-electron chi connectivity index (χ4n) is 1.80. The molecule has 2 aromatic rings. The summed E-state index contributed by atoms with van der Waals surface area (Å²) in [4.78, 5) is 0. The number of phenolic OH excluding ortho intramolecular Hbond substituents is 1. The van der Waals surface area contributed by atoms with Gasteiger partial charge in [0, 0.05) is 29.9 Å². The summed E-state index contributed by atoms with van der Waals surface area (Å²) in [6, 6.07) is 12.6. The molecule has 0 bridgehead atoms. The van der Waals surface area contributed by atoms with E-state index in [0.717, 1.165) is 17.0 Å². The third-order valence-corrected chi connectivity index (χ3v) is 3.17. The molecule has 0 spiro atoms. The van der Waals surface area contributed by atoms with E-state index in [1.807, 2.05) is 24.3 Å². The van der Waals surface area contributed by atoms with Gasteiger partial charge >= 0.3 is 0 Å². The first-order chi connectivity index (χ1) is 10.2. The molecular formula is C16H18ClNO3. The molecule has 4 nitrogen and oxygen atoms in total. The van der Waals surface area contributed by atoms with Crippen LogP contribution in [0.3, 0.4) is 0 Å². The molecule has 0 atom stereocenters. The van der Waals surface area contributed by atoms with E-state index in [-0.39, 0.29) is 5.75 Å². The van der Waals surface area contributed by atoms with Gasteiger partial charge in [0.05, 0.1) is 6.61 Å². The molecular weight excluding hydrogens is 290 g/mol. The van der Waals surface area contributed by atoms with Crippen LogP contribution in [0.5, 0.6) is 11.5 Å². The van der Waals surface area contributed by atoms with Crippen molar-refractivity contribution in [1.29, 1.82) is 0 Å². The minimum Gasteiger partial charge on any atom is -0.508 e. The molecule has 2 aromatic carbocycles. The molecule has 0 aromatic heterocycles. The van der Waals surface area contributed by atoms with Gasteiger partial charge < -0.3 is 19.9 Å². The Hall–Kier alpha value is -1.91.